The zero-order chi connectivity index (χ0) is 17.0. The standard InChI is InChI=1S/C15H18F2N2O3S/c1-18-23(21,22)13-7-2-11(3-8-13)4-9-15(20)19(10-14(16)17)12-5-6-12/h2-4,7-9,12,14,18H,5-6,10H2,1H3/b9-4-. The van der Waals surface area contributed by atoms with Gasteiger partial charge in [0.05, 0.1) is 11.4 Å². The molecule has 0 atom stereocenters. The first-order valence-electron chi connectivity index (χ1n) is 7.14. The molecule has 0 aliphatic heterocycles. The molecule has 0 unspecified atom stereocenters. The Labute approximate surface area is 134 Å². The normalized spacial score (nSPS) is 15.3. The Balaban J connectivity index is 2.05. The van der Waals surface area contributed by atoms with Crippen molar-refractivity contribution in [3.8, 4) is 0 Å². The number of rotatable bonds is 7. The topological polar surface area (TPSA) is 66.5 Å². The summed E-state index contributed by atoms with van der Waals surface area (Å²) in [6, 6.07) is 5.82. The van der Waals surface area contributed by atoms with Crippen molar-refractivity contribution in [2.24, 2.45) is 0 Å². The van der Waals surface area contributed by atoms with E-state index in [1.54, 1.807) is 12.1 Å². The number of sulfonamides is 1. The van der Waals surface area contributed by atoms with Gasteiger partial charge in [0.15, 0.2) is 0 Å². The van der Waals surface area contributed by atoms with Crippen molar-refractivity contribution in [3.63, 3.8) is 0 Å². The van der Waals surface area contributed by atoms with Gasteiger partial charge in [-0.25, -0.2) is 21.9 Å². The van der Waals surface area contributed by atoms with Crippen LogP contribution in [0.1, 0.15) is 18.4 Å². The van der Waals surface area contributed by atoms with Crippen LogP contribution >= 0.6 is 0 Å². The second kappa shape index (κ2) is 7.18. The van der Waals surface area contributed by atoms with Gasteiger partial charge in [-0.05, 0) is 43.7 Å². The molecule has 1 aromatic rings. The van der Waals surface area contributed by atoms with Crippen LogP contribution in [0.5, 0.6) is 0 Å². The predicted octanol–water partition coefficient (Wildman–Crippen LogP) is 1.86. The highest BCUT2D eigenvalue weighted by atomic mass is 32.2. The molecule has 1 amide bonds. The summed E-state index contributed by atoms with van der Waals surface area (Å²) in [5.41, 5.74) is 0.612. The molecule has 1 aliphatic rings. The lowest BCUT2D eigenvalue weighted by Crippen LogP contribution is -2.35. The largest absolute Gasteiger partial charge is 0.330 e. The number of nitrogens with zero attached hydrogens (tertiary/aromatic N) is 1. The molecule has 0 aromatic heterocycles. The lowest BCUT2D eigenvalue weighted by atomic mass is 10.2. The van der Waals surface area contributed by atoms with Gasteiger partial charge in [0.1, 0.15) is 0 Å². The highest BCUT2D eigenvalue weighted by Crippen LogP contribution is 2.27. The molecule has 1 saturated carbocycles. The molecular weight excluding hydrogens is 326 g/mol. The summed E-state index contributed by atoms with van der Waals surface area (Å²) < 4.78 is 50.4. The summed E-state index contributed by atoms with van der Waals surface area (Å²) in [6.07, 6.45) is 1.67. The summed E-state index contributed by atoms with van der Waals surface area (Å²) in [5.74, 6) is -0.459. The van der Waals surface area contributed by atoms with E-state index in [1.807, 2.05) is 0 Å². The van der Waals surface area contributed by atoms with Crippen LogP contribution in [0.2, 0.25) is 0 Å². The third kappa shape index (κ3) is 4.84. The Kier molecular flexibility index (Phi) is 5.48. The summed E-state index contributed by atoms with van der Waals surface area (Å²) in [6.45, 7) is -0.562. The molecule has 1 fully saturated rings. The number of carbonyl (C=O) groups excluding carboxylic acids is 1. The fourth-order valence-corrected chi connectivity index (χ4v) is 2.82. The monoisotopic (exact) mass is 344 g/mol. The highest BCUT2D eigenvalue weighted by molar-refractivity contribution is 7.89. The molecular formula is C15H18F2N2O3S. The van der Waals surface area contributed by atoms with Crippen LogP contribution in [-0.4, -0.2) is 45.3 Å². The van der Waals surface area contributed by atoms with E-state index in [4.69, 9.17) is 0 Å². The predicted molar refractivity (Wildman–Crippen MR) is 82.5 cm³/mol. The molecule has 5 nitrogen and oxygen atoms in total. The number of halogens is 2. The number of amides is 1. The third-order valence-corrected chi connectivity index (χ3v) is 4.91. The lowest BCUT2D eigenvalue weighted by Gasteiger charge is -2.20. The van der Waals surface area contributed by atoms with Gasteiger partial charge < -0.3 is 4.90 Å². The van der Waals surface area contributed by atoms with E-state index in [2.05, 4.69) is 4.72 Å². The Morgan fingerprint density at radius 2 is 1.96 bits per heavy atom. The molecule has 126 valence electrons. The maximum Gasteiger partial charge on any atom is 0.255 e. The maximum absolute atomic E-state index is 12.5. The molecule has 0 radical (unpaired) electrons. The molecule has 1 aromatic carbocycles. The Morgan fingerprint density at radius 1 is 1.35 bits per heavy atom. The molecule has 0 bridgehead atoms. The highest BCUT2D eigenvalue weighted by Gasteiger charge is 2.33. The van der Waals surface area contributed by atoms with E-state index < -0.39 is 28.9 Å². The molecule has 0 saturated heterocycles. The number of benzene rings is 1. The fraction of sp³-hybridized carbons (Fsp3) is 0.400. The van der Waals surface area contributed by atoms with Crippen LogP contribution in [0.3, 0.4) is 0 Å². The van der Waals surface area contributed by atoms with Gasteiger partial charge in [-0.15, -0.1) is 0 Å². The van der Waals surface area contributed by atoms with Gasteiger partial charge in [-0.3, -0.25) is 4.79 Å². The van der Waals surface area contributed by atoms with Gasteiger partial charge >= 0.3 is 0 Å². The molecule has 1 N–H and O–H groups in total. The summed E-state index contributed by atoms with van der Waals surface area (Å²) in [7, 11) is -2.19. The summed E-state index contributed by atoms with van der Waals surface area (Å²) >= 11 is 0. The number of hydrogen-bond donors (Lipinski definition) is 1. The Bertz CT molecular complexity index is 683. The zero-order valence-corrected chi connectivity index (χ0v) is 13.4. The first-order chi connectivity index (χ1) is 10.8. The smallest absolute Gasteiger partial charge is 0.255 e. The fourth-order valence-electron chi connectivity index (χ4n) is 2.09. The van der Waals surface area contributed by atoms with E-state index in [9.17, 15) is 22.0 Å². The number of nitrogens with one attached hydrogen (secondary N) is 1. The van der Waals surface area contributed by atoms with Gasteiger partial charge in [-0.1, -0.05) is 12.1 Å². The summed E-state index contributed by atoms with van der Waals surface area (Å²) in [4.78, 5) is 13.3. The van der Waals surface area contributed by atoms with E-state index in [0.29, 0.717) is 5.56 Å². The van der Waals surface area contributed by atoms with Crippen molar-refractivity contribution in [1.29, 1.82) is 0 Å². The molecule has 8 heteroatoms. The van der Waals surface area contributed by atoms with Crippen molar-refractivity contribution in [1.82, 2.24) is 9.62 Å². The second-order valence-electron chi connectivity index (χ2n) is 5.22. The van der Waals surface area contributed by atoms with Gasteiger partial charge in [0.25, 0.3) is 6.43 Å². The average molecular weight is 344 g/mol. The lowest BCUT2D eigenvalue weighted by molar-refractivity contribution is -0.128. The molecule has 0 spiro atoms. The van der Waals surface area contributed by atoms with Crippen molar-refractivity contribution in [2.75, 3.05) is 13.6 Å². The Morgan fingerprint density at radius 3 is 2.43 bits per heavy atom. The van der Waals surface area contributed by atoms with E-state index in [0.717, 1.165) is 12.8 Å². The van der Waals surface area contributed by atoms with Crippen LogP contribution in [0.4, 0.5) is 8.78 Å². The molecule has 2 rings (SSSR count). The third-order valence-electron chi connectivity index (χ3n) is 3.48. The number of hydrogen-bond acceptors (Lipinski definition) is 3. The van der Waals surface area contributed by atoms with E-state index >= 15 is 0 Å². The number of carbonyl (C=O) groups is 1. The Hall–Kier alpha value is -1.80. The van der Waals surface area contributed by atoms with Crippen molar-refractivity contribution in [2.45, 2.75) is 30.2 Å². The first kappa shape index (κ1) is 17.6. The van der Waals surface area contributed by atoms with Crippen molar-refractivity contribution in [3.05, 3.63) is 35.9 Å². The van der Waals surface area contributed by atoms with Gasteiger partial charge in [-0.2, -0.15) is 0 Å². The van der Waals surface area contributed by atoms with Crippen LogP contribution < -0.4 is 4.72 Å². The quantitative estimate of drug-likeness (QED) is 0.768. The van der Waals surface area contributed by atoms with Crippen LogP contribution in [0.15, 0.2) is 35.2 Å². The second-order valence-corrected chi connectivity index (χ2v) is 7.11. The SMILES string of the molecule is CNS(=O)(=O)c1ccc(/C=C\C(=O)N(CC(F)F)C2CC2)cc1. The van der Waals surface area contributed by atoms with Gasteiger partial charge in [0.2, 0.25) is 15.9 Å². The maximum atomic E-state index is 12.5. The molecule has 23 heavy (non-hydrogen) atoms. The average Bonchev–Trinajstić information content (AvgIpc) is 3.35. The van der Waals surface area contributed by atoms with Gasteiger partial charge in [0, 0.05) is 12.1 Å². The van der Waals surface area contributed by atoms with E-state index in [-0.39, 0.29) is 10.9 Å². The minimum Gasteiger partial charge on any atom is -0.330 e. The minimum absolute atomic E-state index is 0.0932. The van der Waals surface area contributed by atoms with Crippen LogP contribution in [-0.2, 0) is 14.8 Å². The minimum atomic E-state index is -3.51. The van der Waals surface area contributed by atoms with Crippen molar-refractivity contribution < 1.29 is 22.0 Å². The molecule has 1 aliphatic carbocycles. The number of alkyl halides is 2. The zero-order valence-electron chi connectivity index (χ0n) is 12.6. The van der Waals surface area contributed by atoms with E-state index in [1.165, 1.54) is 36.2 Å². The molecule has 0 heterocycles. The first-order valence-corrected chi connectivity index (χ1v) is 8.62. The summed E-state index contributed by atoms with van der Waals surface area (Å²) in [5, 5.41) is 0. The van der Waals surface area contributed by atoms with Crippen molar-refractivity contribution >= 4 is 22.0 Å². The van der Waals surface area contributed by atoms with Crippen LogP contribution in [0.25, 0.3) is 6.08 Å². The van der Waals surface area contributed by atoms with Crippen LogP contribution in [0, 0.1) is 0 Å².